The Morgan fingerprint density at radius 3 is 2.33 bits per heavy atom. The first kappa shape index (κ1) is 26.9. The largest absolute Gasteiger partial charge is 0.507 e. The minimum Gasteiger partial charge on any atom is -0.507 e. The minimum atomic E-state index is -1.16. The molecule has 0 aromatic heterocycles. The van der Waals surface area contributed by atoms with E-state index in [2.05, 4.69) is 0 Å². The van der Waals surface area contributed by atoms with E-state index in [0.717, 1.165) is 33.4 Å². The average Bonchev–Trinajstić information content (AvgIpc) is 3.27. The molecule has 1 aliphatic heterocycles. The van der Waals surface area contributed by atoms with Crippen LogP contribution in [0, 0.1) is 18.6 Å². The molecule has 1 saturated heterocycles. The first-order valence-corrected chi connectivity index (χ1v) is 13.3. The van der Waals surface area contributed by atoms with E-state index in [1.54, 1.807) is 30.3 Å². The number of ketones is 1. The van der Waals surface area contributed by atoms with Gasteiger partial charge in [0.25, 0.3) is 11.7 Å². The summed E-state index contributed by atoms with van der Waals surface area (Å²) in [6, 6.07) is 29.5. The molecular weight excluding hydrogens is 536 g/mol. The van der Waals surface area contributed by atoms with Gasteiger partial charge < -0.3 is 9.84 Å². The van der Waals surface area contributed by atoms with E-state index >= 15 is 0 Å². The van der Waals surface area contributed by atoms with Gasteiger partial charge in [-0.3, -0.25) is 14.5 Å². The molecule has 1 unspecified atom stereocenters. The summed E-state index contributed by atoms with van der Waals surface area (Å²) in [6.45, 7) is 2.17. The van der Waals surface area contributed by atoms with Crippen molar-refractivity contribution in [3.05, 3.63) is 149 Å². The standard InChI is InChI=1S/C35H25F2NO4/c1-21-18-24(14-17-30(21)42-20-22-8-3-2-4-9-22)33(39)31-32(27-13-7-11-23-10-5-6-12-26(23)27)38(35(41)34(31)40)25-15-16-28(36)29(37)19-25/h2-19,32,39H,20H2,1H3/b33-31-. The molecule has 208 valence electrons. The molecule has 1 heterocycles. The molecule has 1 atom stereocenters. The first-order valence-electron chi connectivity index (χ1n) is 13.3. The molecule has 7 heteroatoms. The maximum absolute atomic E-state index is 14.3. The Kier molecular flexibility index (Phi) is 7.00. The van der Waals surface area contributed by atoms with Crippen LogP contribution in [-0.2, 0) is 16.2 Å². The second-order valence-corrected chi connectivity index (χ2v) is 10.1. The molecule has 1 aliphatic rings. The van der Waals surface area contributed by atoms with E-state index in [1.807, 2.05) is 67.6 Å². The molecule has 1 N–H and O–H groups in total. The lowest BCUT2D eigenvalue weighted by molar-refractivity contribution is -0.132. The Bertz CT molecular complexity index is 1880. The molecule has 5 aromatic rings. The maximum atomic E-state index is 14.3. The number of fused-ring (bicyclic) bond motifs is 1. The minimum absolute atomic E-state index is 0.00572. The molecule has 1 fully saturated rings. The van der Waals surface area contributed by atoms with E-state index in [9.17, 15) is 23.5 Å². The van der Waals surface area contributed by atoms with Gasteiger partial charge in [0.1, 0.15) is 18.1 Å². The summed E-state index contributed by atoms with van der Waals surface area (Å²) in [5.41, 5.74) is 2.42. The summed E-state index contributed by atoms with van der Waals surface area (Å²) in [6.07, 6.45) is 0. The van der Waals surface area contributed by atoms with E-state index in [-0.39, 0.29) is 17.0 Å². The van der Waals surface area contributed by atoms with Crippen molar-refractivity contribution < 1.29 is 28.2 Å². The Balaban J connectivity index is 1.48. The monoisotopic (exact) mass is 561 g/mol. The zero-order chi connectivity index (χ0) is 29.4. The lowest BCUT2D eigenvalue weighted by Gasteiger charge is -2.26. The number of amides is 1. The number of Topliss-reactive ketones (excluding diaryl/α,β-unsaturated/α-hetero) is 1. The third-order valence-electron chi connectivity index (χ3n) is 7.43. The topological polar surface area (TPSA) is 66.8 Å². The predicted molar refractivity (Wildman–Crippen MR) is 157 cm³/mol. The van der Waals surface area contributed by atoms with Crippen LogP contribution in [0.25, 0.3) is 16.5 Å². The fourth-order valence-electron chi connectivity index (χ4n) is 5.37. The number of aryl methyl sites for hydroxylation is 1. The summed E-state index contributed by atoms with van der Waals surface area (Å²) in [4.78, 5) is 28.2. The Morgan fingerprint density at radius 1 is 0.833 bits per heavy atom. The summed E-state index contributed by atoms with van der Waals surface area (Å²) in [7, 11) is 0. The number of nitrogens with zero attached hydrogens (tertiary/aromatic N) is 1. The Morgan fingerprint density at radius 2 is 1.57 bits per heavy atom. The van der Waals surface area contributed by atoms with Gasteiger partial charge in [-0.1, -0.05) is 72.8 Å². The molecule has 6 rings (SSSR count). The highest BCUT2D eigenvalue weighted by molar-refractivity contribution is 6.51. The number of anilines is 1. The maximum Gasteiger partial charge on any atom is 0.300 e. The van der Waals surface area contributed by atoms with E-state index < -0.39 is 29.4 Å². The number of carbonyl (C=O) groups is 2. The zero-order valence-corrected chi connectivity index (χ0v) is 22.6. The lowest BCUT2D eigenvalue weighted by atomic mass is 9.91. The number of ether oxygens (including phenoxy) is 1. The van der Waals surface area contributed by atoms with Crippen molar-refractivity contribution in [1.82, 2.24) is 0 Å². The highest BCUT2D eigenvalue weighted by Gasteiger charge is 2.47. The zero-order valence-electron chi connectivity index (χ0n) is 22.6. The van der Waals surface area contributed by atoms with Crippen LogP contribution in [0.2, 0.25) is 0 Å². The van der Waals surface area contributed by atoms with Crippen molar-refractivity contribution in [2.24, 2.45) is 0 Å². The molecule has 0 saturated carbocycles. The number of aliphatic hydroxyl groups excluding tert-OH is 1. The molecule has 0 spiro atoms. The summed E-state index contributed by atoms with van der Waals surface area (Å²) < 4.78 is 34.1. The smallest absolute Gasteiger partial charge is 0.300 e. The third-order valence-corrected chi connectivity index (χ3v) is 7.43. The van der Waals surface area contributed by atoms with Crippen LogP contribution in [-0.4, -0.2) is 16.8 Å². The fraction of sp³-hybridized carbons (Fsp3) is 0.0857. The van der Waals surface area contributed by atoms with Crippen LogP contribution in [0.15, 0.2) is 115 Å². The highest BCUT2D eigenvalue weighted by Crippen LogP contribution is 2.44. The van der Waals surface area contributed by atoms with Crippen molar-refractivity contribution in [3.8, 4) is 5.75 Å². The number of hydrogen-bond donors (Lipinski definition) is 1. The molecule has 1 amide bonds. The average molecular weight is 562 g/mol. The summed E-state index contributed by atoms with van der Waals surface area (Å²) in [5.74, 6) is -3.91. The Hall–Kier alpha value is -5.30. The number of halogens is 2. The van der Waals surface area contributed by atoms with Crippen LogP contribution >= 0.6 is 0 Å². The van der Waals surface area contributed by atoms with Crippen molar-refractivity contribution >= 4 is 33.9 Å². The van der Waals surface area contributed by atoms with Gasteiger partial charge in [-0.25, -0.2) is 8.78 Å². The lowest BCUT2D eigenvalue weighted by Crippen LogP contribution is -2.29. The Labute approximate surface area is 240 Å². The van der Waals surface area contributed by atoms with Crippen molar-refractivity contribution in [3.63, 3.8) is 0 Å². The molecule has 0 aliphatic carbocycles. The van der Waals surface area contributed by atoms with Crippen LogP contribution < -0.4 is 9.64 Å². The number of aliphatic hydroxyl groups is 1. The van der Waals surface area contributed by atoms with Gasteiger partial charge in [-0.15, -0.1) is 0 Å². The quantitative estimate of drug-likeness (QED) is 0.132. The predicted octanol–water partition coefficient (Wildman–Crippen LogP) is 7.63. The number of benzene rings is 5. The van der Waals surface area contributed by atoms with Crippen LogP contribution in [0.1, 0.15) is 28.3 Å². The van der Waals surface area contributed by atoms with E-state index in [4.69, 9.17) is 4.74 Å². The molecule has 5 nitrogen and oxygen atoms in total. The first-order chi connectivity index (χ1) is 20.3. The van der Waals surface area contributed by atoms with Gasteiger partial charge >= 0.3 is 0 Å². The molecule has 42 heavy (non-hydrogen) atoms. The fourth-order valence-corrected chi connectivity index (χ4v) is 5.37. The second kappa shape index (κ2) is 10.9. The van der Waals surface area contributed by atoms with Crippen LogP contribution in [0.4, 0.5) is 14.5 Å². The highest BCUT2D eigenvalue weighted by atomic mass is 19.2. The van der Waals surface area contributed by atoms with E-state index in [1.165, 1.54) is 6.07 Å². The van der Waals surface area contributed by atoms with Gasteiger partial charge in [0.2, 0.25) is 0 Å². The molecule has 5 aromatic carbocycles. The van der Waals surface area contributed by atoms with Crippen molar-refractivity contribution in [2.45, 2.75) is 19.6 Å². The van der Waals surface area contributed by atoms with E-state index in [0.29, 0.717) is 29.0 Å². The summed E-state index contributed by atoms with van der Waals surface area (Å²) >= 11 is 0. The number of rotatable bonds is 6. The van der Waals surface area contributed by atoms with Crippen molar-refractivity contribution in [2.75, 3.05) is 4.90 Å². The van der Waals surface area contributed by atoms with Gasteiger partial charge in [0.15, 0.2) is 11.6 Å². The molecule has 0 bridgehead atoms. The second-order valence-electron chi connectivity index (χ2n) is 10.1. The molecular formula is C35H25F2NO4. The third kappa shape index (κ3) is 4.79. The van der Waals surface area contributed by atoms with Crippen LogP contribution in [0.5, 0.6) is 5.75 Å². The van der Waals surface area contributed by atoms with Gasteiger partial charge in [-0.2, -0.15) is 0 Å². The molecule has 0 radical (unpaired) electrons. The normalized spacial score (nSPS) is 16.3. The van der Waals surface area contributed by atoms with Crippen LogP contribution in [0.3, 0.4) is 0 Å². The van der Waals surface area contributed by atoms with Gasteiger partial charge in [0.05, 0.1) is 11.6 Å². The van der Waals surface area contributed by atoms with Crippen molar-refractivity contribution in [1.29, 1.82) is 0 Å². The van der Waals surface area contributed by atoms with Gasteiger partial charge in [0, 0.05) is 17.3 Å². The number of carbonyl (C=O) groups excluding carboxylic acids is 2. The SMILES string of the molecule is Cc1cc(/C(O)=C2/C(=O)C(=O)N(c3ccc(F)c(F)c3)C2c2cccc3ccccc23)ccc1OCc1ccccc1. The summed E-state index contributed by atoms with van der Waals surface area (Å²) in [5, 5.41) is 13.2. The number of hydrogen-bond acceptors (Lipinski definition) is 4. The van der Waals surface area contributed by atoms with Gasteiger partial charge in [-0.05, 0) is 64.7 Å².